The molecule has 0 bridgehead atoms. The summed E-state index contributed by atoms with van der Waals surface area (Å²) < 4.78 is 24.0. The fourth-order valence-corrected chi connectivity index (χ4v) is 2.82. The lowest BCUT2D eigenvalue weighted by molar-refractivity contribution is 0.0648. The molecule has 0 saturated carbocycles. The Bertz CT molecular complexity index is 906. The van der Waals surface area contributed by atoms with Gasteiger partial charge in [0, 0.05) is 24.7 Å². The summed E-state index contributed by atoms with van der Waals surface area (Å²) in [5.41, 5.74) is 0.106. The summed E-state index contributed by atoms with van der Waals surface area (Å²) in [7, 11) is 2.94. The molecule has 1 aliphatic rings. The van der Waals surface area contributed by atoms with Crippen LogP contribution in [0.3, 0.4) is 0 Å². The SMILES string of the molecule is COc1cc(OC)cc(C(=O)NCCN2C(=O)c3cccc(F)c3C2=O)c1. The van der Waals surface area contributed by atoms with Gasteiger partial charge in [0.1, 0.15) is 17.3 Å². The molecule has 0 saturated heterocycles. The number of imide groups is 1. The van der Waals surface area contributed by atoms with Crippen LogP contribution in [0.4, 0.5) is 4.39 Å². The van der Waals surface area contributed by atoms with Crippen LogP contribution in [-0.2, 0) is 0 Å². The first-order chi connectivity index (χ1) is 13.0. The molecule has 7 nitrogen and oxygen atoms in total. The number of amides is 3. The fourth-order valence-electron chi connectivity index (χ4n) is 2.82. The second-order valence-electron chi connectivity index (χ2n) is 5.78. The third kappa shape index (κ3) is 3.46. The largest absolute Gasteiger partial charge is 0.497 e. The first-order valence-corrected chi connectivity index (χ1v) is 8.12. The molecule has 2 aromatic carbocycles. The molecule has 2 aromatic rings. The molecule has 0 fully saturated rings. The third-order valence-corrected chi connectivity index (χ3v) is 4.18. The average molecular weight is 372 g/mol. The van der Waals surface area contributed by atoms with E-state index in [0.717, 1.165) is 11.0 Å². The van der Waals surface area contributed by atoms with Gasteiger partial charge in [-0.3, -0.25) is 19.3 Å². The summed E-state index contributed by atoms with van der Waals surface area (Å²) in [6.07, 6.45) is 0. The Morgan fingerprint density at radius 1 is 1.07 bits per heavy atom. The van der Waals surface area contributed by atoms with Gasteiger partial charge in [-0.05, 0) is 24.3 Å². The minimum atomic E-state index is -0.735. The highest BCUT2D eigenvalue weighted by molar-refractivity contribution is 6.21. The minimum Gasteiger partial charge on any atom is -0.497 e. The number of fused-ring (bicyclic) bond motifs is 1. The smallest absolute Gasteiger partial charge is 0.264 e. The average Bonchev–Trinajstić information content (AvgIpc) is 2.93. The second-order valence-corrected chi connectivity index (χ2v) is 5.78. The summed E-state index contributed by atoms with van der Waals surface area (Å²) in [6.45, 7) is -0.0515. The van der Waals surface area contributed by atoms with Crippen LogP contribution in [-0.4, -0.2) is 49.9 Å². The van der Waals surface area contributed by atoms with Gasteiger partial charge in [0.15, 0.2) is 0 Å². The van der Waals surface area contributed by atoms with Crippen LogP contribution in [0.5, 0.6) is 11.5 Å². The molecule has 27 heavy (non-hydrogen) atoms. The first-order valence-electron chi connectivity index (χ1n) is 8.12. The van der Waals surface area contributed by atoms with Crippen LogP contribution >= 0.6 is 0 Å². The molecule has 0 atom stereocenters. The molecule has 8 heteroatoms. The molecule has 3 amide bonds. The Morgan fingerprint density at radius 2 is 1.74 bits per heavy atom. The van der Waals surface area contributed by atoms with E-state index in [9.17, 15) is 18.8 Å². The molecule has 3 rings (SSSR count). The molecular weight excluding hydrogens is 355 g/mol. The van der Waals surface area contributed by atoms with Crippen LogP contribution in [0.25, 0.3) is 0 Å². The molecule has 1 heterocycles. The Kier molecular flexibility index (Phi) is 5.07. The number of nitrogens with zero attached hydrogens (tertiary/aromatic N) is 1. The van der Waals surface area contributed by atoms with Crippen molar-refractivity contribution in [2.24, 2.45) is 0 Å². The number of hydrogen-bond acceptors (Lipinski definition) is 5. The maximum Gasteiger partial charge on any atom is 0.264 e. The summed E-state index contributed by atoms with van der Waals surface area (Å²) in [4.78, 5) is 37.8. The predicted molar refractivity (Wildman–Crippen MR) is 93.6 cm³/mol. The Labute approximate surface area is 154 Å². The van der Waals surface area contributed by atoms with Crippen molar-refractivity contribution in [2.75, 3.05) is 27.3 Å². The van der Waals surface area contributed by atoms with Crippen molar-refractivity contribution in [3.8, 4) is 11.5 Å². The molecule has 1 N–H and O–H groups in total. The molecule has 0 aliphatic carbocycles. The van der Waals surface area contributed by atoms with Crippen LogP contribution < -0.4 is 14.8 Å². The van der Waals surface area contributed by atoms with Crippen molar-refractivity contribution < 1.29 is 28.2 Å². The van der Waals surface area contributed by atoms with Crippen LogP contribution in [0.15, 0.2) is 36.4 Å². The van der Waals surface area contributed by atoms with Crippen LogP contribution in [0.1, 0.15) is 31.1 Å². The van der Waals surface area contributed by atoms with E-state index in [1.165, 1.54) is 38.5 Å². The lowest BCUT2D eigenvalue weighted by Gasteiger charge is -2.14. The normalized spacial score (nSPS) is 12.8. The summed E-state index contributed by atoms with van der Waals surface area (Å²) in [5, 5.41) is 2.62. The Hall–Kier alpha value is -3.42. The molecule has 0 spiro atoms. The monoisotopic (exact) mass is 372 g/mol. The van der Waals surface area contributed by atoms with Crippen molar-refractivity contribution in [1.29, 1.82) is 0 Å². The maximum atomic E-state index is 13.8. The van der Waals surface area contributed by atoms with Crippen LogP contribution in [0.2, 0.25) is 0 Å². The number of carbonyl (C=O) groups is 3. The predicted octanol–water partition coefficient (Wildman–Crippen LogP) is 1.87. The highest BCUT2D eigenvalue weighted by Gasteiger charge is 2.37. The zero-order chi connectivity index (χ0) is 19.6. The van der Waals surface area contributed by atoms with Gasteiger partial charge in [-0.1, -0.05) is 6.07 Å². The van der Waals surface area contributed by atoms with Gasteiger partial charge in [0.05, 0.1) is 25.3 Å². The molecule has 140 valence electrons. The van der Waals surface area contributed by atoms with E-state index in [1.807, 2.05) is 0 Å². The maximum absolute atomic E-state index is 13.8. The van der Waals surface area contributed by atoms with Crippen molar-refractivity contribution in [1.82, 2.24) is 10.2 Å². The lowest BCUT2D eigenvalue weighted by Crippen LogP contribution is -2.38. The van der Waals surface area contributed by atoms with Gasteiger partial charge in [-0.25, -0.2) is 4.39 Å². The fraction of sp³-hybridized carbons (Fsp3) is 0.211. The van der Waals surface area contributed by atoms with Crippen molar-refractivity contribution >= 4 is 17.7 Å². The lowest BCUT2D eigenvalue weighted by atomic mass is 10.1. The summed E-state index contributed by atoms with van der Waals surface area (Å²) in [5.74, 6) is -1.53. The summed E-state index contributed by atoms with van der Waals surface area (Å²) >= 11 is 0. The molecular formula is C19H17FN2O5. The van der Waals surface area contributed by atoms with Gasteiger partial charge in [-0.2, -0.15) is 0 Å². The van der Waals surface area contributed by atoms with Crippen molar-refractivity contribution in [3.63, 3.8) is 0 Å². The highest BCUT2D eigenvalue weighted by atomic mass is 19.1. The van der Waals surface area contributed by atoms with Crippen LogP contribution in [0, 0.1) is 5.82 Å². The van der Waals surface area contributed by atoms with E-state index < -0.39 is 23.5 Å². The quantitative estimate of drug-likeness (QED) is 0.783. The van der Waals surface area contributed by atoms with E-state index in [1.54, 1.807) is 6.07 Å². The standard InChI is InChI=1S/C19H17FN2O5/c1-26-12-8-11(9-13(10-12)27-2)17(23)21-6-7-22-18(24)14-4-3-5-15(20)16(14)19(22)25/h3-5,8-10H,6-7H2,1-2H3,(H,21,23). The zero-order valence-electron chi connectivity index (χ0n) is 14.7. The van der Waals surface area contributed by atoms with Gasteiger partial charge in [-0.15, -0.1) is 0 Å². The molecule has 0 unspecified atom stereocenters. The van der Waals surface area contributed by atoms with Gasteiger partial charge in [0.2, 0.25) is 0 Å². The van der Waals surface area contributed by atoms with E-state index in [-0.39, 0.29) is 24.2 Å². The van der Waals surface area contributed by atoms with E-state index in [0.29, 0.717) is 17.1 Å². The number of nitrogens with one attached hydrogen (secondary N) is 1. The number of hydrogen-bond donors (Lipinski definition) is 1. The number of ether oxygens (including phenoxy) is 2. The Balaban J connectivity index is 1.66. The van der Waals surface area contributed by atoms with E-state index >= 15 is 0 Å². The highest BCUT2D eigenvalue weighted by Crippen LogP contribution is 2.25. The number of halogens is 1. The molecule has 0 radical (unpaired) electrons. The topological polar surface area (TPSA) is 84.9 Å². The van der Waals surface area contributed by atoms with Gasteiger partial charge in [0.25, 0.3) is 17.7 Å². The van der Waals surface area contributed by atoms with E-state index in [4.69, 9.17) is 9.47 Å². The zero-order valence-corrected chi connectivity index (χ0v) is 14.7. The Morgan fingerprint density at radius 3 is 2.33 bits per heavy atom. The first kappa shape index (κ1) is 18.4. The van der Waals surface area contributed by atoms with E-state index in [2.05, 4.69) is 5.32 Å². The number of benzene rings is 2. The molecule has 1 aliphatic heterocycles. The number of carbonyl (C=O) groups excluding carboxylic acids is 3. The second kappa shape index (κ2) is 7.45. The van der Waals surface area contributed by atoms with Crippen molar-refractivity contribution in [2.45, 2.75) is 0 Å². The molecule has 0 aromatic heterocycles. The van der Waals surface area contributed by atoms with Gasteiger partial charge < -0.3 is 14.8 Å². The minimum absolute atomic E-state index is 0.0193. The van der Waals surface area contributed by atoms with Gasteiger partial charge >= 0.3 is 0 Å². The van der Waals surface area contributed by atoms with Crippen molar-refractivity contribution in [3.05, 3.63) is 58.9 Å². The number of rotatable bonds is 6. The third-order valence-electron chi connectivity index (χ3n) is 4.18. The number of methoxy groups -OCH3 is 2. The summed E-state index contributed by atoms with van der Waals surface area (Å²) in [6, 6.07) is 8.61.